The number of aryl methyl sites for hydroxylation is 1. The van der Waals surface area contributed by atoms with Crippen LogP contribution in [0.25, 0.3) is 0 Å². The van der Waals surface area contributed by atoms with E-state index in [9.17, 15) is 14.4 Å². The summed E-state index contributed by atoms with van der Waals surface area (Å²) in [6, 6.07) is 13.7. The zero-order valence-electron chi connectivity index (χ0n) is 15.4. The number of amides is 2. The van der Waals surface area contributed by atoms with Crippen molar-refractivity contribution in [3.63, 3.8) is 0 Å². The third kappa shape index (κ3) is 2.50. The van der Waals surface area contributed by atoms with Crippen LogP contribution in [-0.4, -0.2) is 17.8 Å². The Kier molecular flexibility index (Phi) is 3.72. The first-order chi connectivity index (χ1) is 13.5. The lowest BCUT2D eigenvalue weighted by Gasteiger charge is -2.17. The summed E-state index contributed by atoms with van der Waals surface area (Å²) in [6.07, 6.45) is 5.06. The first kappa shape index (κ1) is 16.9. The number of fused-ring (bicyclic) bond motifs is 5. The third-order valence-corrected chi connectivity index (χ3v) is 6.06. The maximum atomic E-state index is 12.9. The average Bonchev–Trinajstić information content (AvgIpc) is 3.38. The SMILES string of the molecule is Cc1ccc(OC(=O)c2ccc(N3C(=O)[C@@H]4[C@H](C3=O)[C@H]3C=C[C@H]4C3)cc2)cc1. The predicted octanol–water partition coefficient (Wildman–Crippen LogP) is 3.53. The van der Waals surface area contributed by atoms with E-state index in [1.54, 1.807) is 36.4 Å². The van der Waals surface area contributed by atoms with E-state index in [1.165, 1.54) is 4.90 Å². The Morgan fingerprint density at radius 3 is 2.04 bits per heavy atom. The summed E-state index contributed by atoms with van der Waals surface area (Å²) in [5.74, 6) is -0.347. The molecule has 28 heavy (non-hydrogen) atoms. The van der Waals surface area contributed by atoms with Crippen molar-refractivity contribution in [2.45, 2.75) is 13.3 Å². The molecule has 3 aliphatic rings. The van der Waals surface area contributed by atoms with Gasteiger partial charge in [0, 0.05) is 0 Å². The number of ether oxygens (including phenoxy) is 1. The second kappa shape index (κ2) is 6.16. The van der Waals surface area contributed by atoms with Gasteiger partial charge in [-0.15, -0.1) is 0 Å². The number of carbonyl (C=O) groups excluding carboxylic acids is 3. The molecule has 2 fully saturated rings. The molecule has 2 aromatic carbocycles. The zero-order chi connectivity index (χ0) is 19.4. The van der Waals surface area contributed by atoms with Gasteiger partial charge < -0.3 is 4.74 Å². The van der Waals surface area contributed by atoms with Crippen molar-refractivity contribution in [1.82, 2.24) is 0 Å². The summed E-state index contributed by atoms with van der Waals surface area (Å²) in [6.45, 7) is 1.96. The van der Waals surface area contributed by atoms with Crippen LogP contribution in [-0.2, 0) is 9.59 Å². The number of hydrogen-bond acceptors (Lipinski definition) is 4. The van der Waals surface area contributed by atoms with Crippen LogP contribution >= 0.6 is 0 Å². The Balaban J connectivity index is 1.34. The second-order valence-corrected chi connectivity index (χ2v) is 7.76. The molecule has 5 heteroatoms. The van der Waals surface area contributed by atoms with Gasteiger partial charge in [0.1, 0.15) is 5.75 Å². The summed E-state index contributed by atoms with van der Waals surface area (Å²) >= 11 is 0. The molecule has 1 heterocycles. The topological polar surface area (TPSA) is 63.7 Å². The van der Waals surface area contributed by atoms with Crippen molar-refractivity contribution in [2.24, 2.45) is 23.7 Å². The minimum absolute atomic E-state index is 0.123. The summed E-state index contributed by atoms with van der Waals surface area (Å²) in [5.41, 5.74) is 1.96. The van der Waals surface area contributed by atoms with Crippen molar-refractivity contribution in [3.05, 3.63) is 71.8 Å². The molecule has 2 aliphatic carbocycles. The van der Waals surface area contributed by atoms with Crippen LogP contribution in [0, 0.1) is 30.6 Å². The molecule has 4 atom stereocenters. The van der Waals surface area contributed by atoms with E-state index >= 15 is 0 Å². The van der Waals surface area contributed by atoms with Crippen molar-refractivity contribution < 1.29 is 19.1 Å². The van der Waals surface area contributed by atoms with Crippen LogP contribution < -0.4 is 9.64 Å². The van der Waals surface area contributed by atoms with Gasteiger partial charge >= 0.3 is 5.97 Å². The van der Waals surface area contributed by atoms with Crippen LogP contribution in [0.1, 0.15) is 22.3 Å². The van der Waals surface area contributed by atoms with Gasteiger partial charge in [0.2, 0.25) is 11.8 Å². The molecule has 0 spiro atoms. The number of nitrogens with zero attached hydrogens (tertiary/aromatic N) is 1. The highest BCUT2D eigenvalue weighted by molar-refractivity contribution is 6.22. The maximum absolute atomic E-state index is 12.9. The lowest BCUT2D eigenvalue weighted by atomic mass is 9.85. The number of benzene rings is 2. The van der Waals surface area contributed by atoms with Crippen LogP contribution in [0.2, 0.25) is 0 Å². The first-order valence-corrected chi connectivity index (χ1v) is 9.48. The molecule has 0 N–H and O–H groups in total. The third-order valence-electron chi connectivity index (χ3n) is 6.06. The molecule has 2 bridgehead atoms. The number of allylic oxidation sites excluding steroid dienone is 2. The minimum Gasteiger partial charge on any atom is -0.423 e. The molecule has 0 radical (unpaired) electrons. The molecule has 1 saturated heterocycles. The van der Waals surface area contributed by atoms with Crippen LogP contribution in [0.3, 0.4) is 0 Å². The van der Waals surface area contributed by atoms with Crippen molar-refractivity contribution in [1.29, 1.82) is 0 Å². The highest BCUT2D eigenvalue weighted by atomic mass is 16.5. The zero-order valence-corrected chi connectivity index (χ0v) is 15.4. The van der Waals surface area contributed by atoms with Gasteiger partial charge in [-0.3, -0.25) is 14.5 Å². The lowest BCUT2D eigenvalue weighted by Crippen LogP contribution is -2.32. The molecule has 2 amide bonds. The van der Waals surface area contributed by atoms with Gasteiger partial charge in [-0.2, -0.15) is 0 Å². The Labute approximate surface area is 162 Å². The van der Waals surface area contributed by atoms with Gasteiger partial charge in [0.15, 0.2) is 0 Å². The number of anilines is 1. The van der Waals surface area contributed by atoms with E-state index < -0.39 is 5.97 Å². The number of rotatable bonds is 3. The quantitative estimate of drug-likeness (QED) is 0.357. The lowest BCUT2D eigenvalue weighted by molar-refractivity contribution is -0.123. The Bertz CT molecular complexity index is 976. The Morgan fingerprint density at radius 2 is 1.46 bits per heavy atom. The van der Waals surface area contributed by atoms with Crippen LogP contribution in [0.15, 0.2) is 60.7 Å². The highest BCUT2D eigenvalue weighted by Gasteiger charge is 2.59. The number of esters is 1. The van der Waals surface area contributed by atoms with Crippen molar-refractivity contribution in [2.75, 3.05) is 4.90 Å². The van der Waals surface area contributed by atoms with Crippen molar-refractivity contribution in [3.8, 4) is 5.75 Å². The molecular formula is C23H19NO4. The number of hydrogen-bond donors (Lipinski definition) is 0. The number of carbonyl (C=O) groups is 3. The molecule has 5 nitrogen and oxygen atoms in total. The monoisotopic (exact) mass is 373 g/mol. The molecule has 1 aliphatic heterocycles. The van der Waals surface area contributed by atoms with Crippen LogP contribution in [0.5, 0.6) is 5.75 Å². The summed E-state index contributed by atoms with van der Waals surface area (Å²) < 4.78 is 5.37. The van der Waals surface area contributed by atoms with Gasteiger partial charge in [0.25, 0.3) is 0 Å². The van der Waals surface area contributed by atoms with E-state index in [0.717, 1.165) is 12.0 Å². The predicted molar refractivity (Wildman–Crippen MR) is 103 cm³/mol. The molecular weight excluding hydrogens is 354 g/mol. The minimum atomic E-state index is -0.478. The van der Waals surface area contributed by atoms with E-state index in [0.29, 0.717) is 17.0 Å². The van der Waals surface area contributed by atoms with Gasteiger partial charge in [0.05, 0.1) is 23.1 Å². The molecule has 2 aromatic rings. The summed E-state index contributed by atoms with van der Waals surface area (Å²) in [4.78, 5) is 39.3. The highest BCUT2D eigenvalue weighted by Crippen LogP contribution is 2.53. The molecule has 5 rings (SSSR count). The standard InChI is InChI=1S/C23H19NO4/c1-13-2-10-18(11-3-13)28-23(27)14-6-8-17(9-7-14)24-21(25)19-15-4-5-16(12-15)20(19)22(24)26/h2-11,15-16,19-20H,12H2,1H3/t15-,16-,19-,20+/m0/s1. The first-order valence-electron chi connectivity index (χ1n) is 9.48. The van der Waals surface area contributed by atoms with E-state index in [2.05, 4.69) is 12.2 Å². The summed E-state index contributed by atoms with van der Waals surface area (Å²) in [5, 5.41) is 0. The van der Waals surface area contributed by atoms with E-state index in [4.69, 9.17) is 4.74 Å². The average molecular weight is 373 g/mol. The largest absolute Gasteiger partial charge is 0.423 e. The fraction of sp³-hybridized carbons (Fsp3) is 0.261. The number of imide groups is 1. The Hall–Kier alpha value is -3.21. The van der Waals surface area contributed by atoms with Gasteiger partial charge in [-0.05, 0) is 61.6 Å². The molecule has 1 saturated carbocycles. The fourth-order valence-electron chi connectivity index (χ4n) is 4.68. The molecule has 140 valence electrons. The van der Waals surface area contributed by atoms with Crippen LogP contribution in [0.4, 0.5) is 5.69 Å². The summed E-state index contributed by atoms with van der Waals surface area (Å²) in [7, 11) is 0. The fourth-order valence-corrected chi connectivity index (χ4v) is 4.68. The maximum Gasteiger partial charge on any atom is 0.343 e. The molecule has 0 unspecified atom stereocenters. The normalized spacial score (nSPS) is 27.4. The van der Waals surface area contributed by atoms with Crippen molar-refractivity contribution >= 4 is 23.5 Å². The van der Waals surface area contributed by atoms with Gasteiger partial charge in [-0.25, -0.2) is 4.79 Å². The molecule has 0 aromatic heterocycles. The second-order valence-electron chi connectivity index (χ2n) is 7.76. The Morgan fingerprint density at radius 1 is 0.893 bits per heavy atom. The van der Waals surface area contributed by atoms with E-state index in [1.807, 2.05) is 19.1 Å². The smallest absolute Gasteiger partial charge is 0.343 e. The van der Waals surface area contributed by atoms with E-state index in [-0.39, 0.29) is 35.5 Å². The van der Waals surface area contributed by atoms with Gasteiger partial charge in [-0.1, -0.05) is 29.8 Å².